The van der Waals surface area contributed by atoms with E-state index in [1.165, 1.54) is 88.8 Å². The molecule has 0 bridgehead atoms. The smallest absolute Gasteiger partial charge is 0.0714 e. The van der Waals surface area contributed by atoms with E-state index < -0.39 is 5.41 Å². The highest BCUT2D eigenvalue weighted by Gasteiger charge is 2.46. The molecule has 1 heteroatoms. The van der Waals surface area contributed by atoms with Gasteiger partial charge >= 0.3 is 0 Å². The molecular formula is C65H63N. The van der Waals surface area contributed by atoms with Crippen molar-refractivity contribution in [2.75, 3.05) is 4.90 Å². The average Bonchev–Trinajstić information content (AvgIpc) is 3.62. The van der Waals surface area contributed by atoms with Gasteiger partial charge < -0.3 is 4.90 Å². The number of hydrogen-bond acceptors (Lipinski definition) is 1. The molecule has 1 nitrogen and oxygen atoms in total. The normalized spacial score (nSPS) is 14.6. The monoisotopic (exact) mass is 857 g/mol. The first kappa shape index (κ1) is 43.2. The van der Waals surface area contributed by atoms with Crippen molar-refractivity contribution >= 4 is 27.7 Å². The maximum absolute atomic E-state index is 2.55. The van der Waals surface area contributed by atoms with Crippen LogP contribution in [0.2, 0.25) is 0 Å². The van der Waals surface area contributed by atoms with Crippen molar-refractivity contribution in [3.63, 3.8) is 0 Å². The minimum atomic E-state index is -0.510. The van der Waals surface area contributed by atoms with Gasteiger partial charge in [-0.1, -0.05) is 232 Å². The molecule has 0 aromatic heterocycles. The third kappa shape index (κ3) is 7.43. The van der Waals surface area contributed by atoms with Crippen molar-refractivity contribution in [1.82, 2.24) is 0 Å². The highest BCUT2D eigenvalue weighted by Crippen LogP contribution is 2.57. The van der Waals surface area contributed by atoms with Gasteiger partial charge in [0, 0.05) is 22.6 Å². The van der Waals surface area contributed by atoms with Crippen LogP contribution in [-0.4, -0.2) is 0 Å². The summed E-state index contributed by atoms with van der Waals surface area (Å²) < 4.78 is 0. The minimum Gasteiger partial charge on any atom is -0.310 e. The predicted octanol–water partition coefficient (Wildman–Crippen LogP) is 17.7. The Morgan fingerprint density at radius 2 is 0.909 bits per heavy atom. The fourth-order valence-corrected chi connectivity index (χ4v) is 10.7. The van der Waals surface area contributed by atoms with Crippen LogP contribution in [0.25, 0.3) is 38.6 Å². The summed E-state index contributed by atoms with van der Waals surface area (Å²) in [6.07, 6.45) is 6.94. The Hall–Kier alpha value is -6.70. The first-order valence-corrected chi connectivity index (χ1v) is 24.0. The molecule has 0 fully saturated rings. The van der Waals surface area contributed by atoms with Gasteiger partial charge in [-0.05, 0) is 131 Å². The summed E-state index contributed by atoms with van der Waals surface area (Å²) in [5.74, 6) is 0. The van der Waals surface area contributed by atoms with Crippen LogP contribution in [0, 0.1) is 0 Å². The molecule has 0 saturated carbocycles. The highest BCUT2D eigenvalue weighted by atomic mass is 15.2. The van der Waals surface area contributed by atoms with Gasteiger partial charge in [-0.25, -0.2) is 0 Å². The summed E-state index contributed by atoms with van der Waals surface area (Å²) in [6.45, 7) is 20.9. The summed E-state index contributed by atoms with van der Waals surface area (Å²) >= 11 is 0. The van der Waals surface area contributed by atoms with Gasteiger partial charge in [-0.15, -0.1) is 0 Å². The van der Waals surface area contributed by atoms with Gasteiger partial charge in [-0.2, -0.15) is 0 Å². The van der Waals surface area contributed by atoms with Gasteiger partial charge in [0.05, 0.1) is 5.41 Å². The van der Waals surface area contributed by atoms with Crippen LogP contribution >= 0.6 is 0 Å². The third-order valence-corrected chi connectivity index (χ3v) is 14.2. The van der Waals surface area contributed by atoms with Crippen molar-refractivity contribution in [3.05, 3.63) is 244 Å². The van der Waals surface area contributed by atoms with E-state index in [4.69, 9.17) is 0 Å². The Balaban J connectivity index is 1.20. The van der Waals surface area contributed by atoms with E-state index in [-0.39, 0.29) is 16.2 Å². The summed E-state index contributed by atoms with van der Waals surface area (Å²) in [5.41, 5.74) is 19.9. The van der Waals surface area contributed by atoms with Crippen molar-refractivity contribution in [1.29, 1.82) is 0 Å². The molecule has 0 heterocycles. The lowest BCUT2D eigenvalue weighted by Crippen LogP contribution is -2.29. The molecule has 328 valence electrons. The summed E-state index contributed by atoms with van der Waals surface area (Å²) in [7, 11) is 0. The number of nitrogens with zero attached hydrogens (tertiary/aromatic N) is 1. The molecule has 0 spiro atoms. The SMILES string of the molecule is CC(C)(C)c1ccc(N(C2=CCCC=C2c2cccc3cccc(-c4cc(C(C)(C)C)cc(C(C)(C)C)c4)c23)c2cccc(C3(c4ccccc4)c4ccccc4-c4ccccc43)c2)cc1. The molecule has 8 aromatic carbocycles. The lowest BCUT2D eigenvalue weighted by Gasteiger charge is -2.36. The van der Waals surface area contributed by atoms with Crippen LogP contribution < -0.4 is 4.90 Å². The molecule has 8 aromatic rings. The molecule has 0 aliphatic heterocycles. The number of anilines is 2. The fourth-order valence-electron chi connectivity index (χ4n) is 10.7. The van der Waals surface area contributed by atoms with Crippen LogP contribution in [-0.2, 0) is 21.7 Å². The standard InChI is InChI=1S/C65H63N/c1-62(2,3)46-36-38-51(39-37-46)66(52-27-21-26-48(43-52)65(47-24-11-10-12-25-47)58-33-16-13-28-54(58)55-29-14-17-34-59(55)65)60-35-18-15-30-56(60)57-32-20-23-44-22-19-31-53(61(44)57)45-40-49(63(4,5)6)42-50(41-45)64(7,8)9/h10-14,16-17,19-43H,15,18H2,1-9H3. The van der Waals surface area contributed by atoms with E-state index in [1.807, 2.05) is 0 Å². The van der Waals surface area contributed by atoms with Gasteiger partial charge in [0.2, 0.25) is 0 Å². The van der Waals surface area contributed by atoms with Crippen LogP contribution in [0.1, 0.15) is 120 Å². The first-order valence-electron chi connectivity index (χ1n) is 24.0. The predicted molar refractivity (Wildman–Crippen MR) is 283 cm³/mol. The Bertz CT molecular complexity index is 3090. The van der Waals surface area contributed by atoms with Gasteiger partial charge in [-0.3, -0.25) is 0 Å². The average molecular weight is 858 g/mol. The summed E-state index contributed by atoms with van der Waals surface area (Å²) in [6, 6.07) is 69.2. The molecule has 0 atom stereocenters. The van der Waals surface area contributed by atoms with E-state index in [2.05, 4.69) is 261 Å². The van der Waals surface area contributed by atoms with E-state index in [0.717, 1.165) is 24.2 Å². The summed E-state index contributed by atoms with van der Waals surface area (Å²) in [4.78, 5) is 2.55. The molecule has 0 amide bonds. The number of allylic oxidation sites excluding steroid dienone is 3. The maximum atomic E-state index is 2.55. The fraction of sp³-hybridized carbons (Fsp3) is 0.231. The van der Waals surface area contributed by atoms with Gasteiger partial charge in [0.15, 0.2) is 0 Å². The second-order valence-corrected chi connectivity index (χ2v) is 21.7. The van der Waals surface area contributed by atoms with Crippen LogP contribution in [0.15, 0.2) is 200 Å². The van der Waals surface area contributed by atoms with E-state index in [9.17, 15) is 0 Å². The van der Waals surface area contributed by atoms with Crippen LogP contribution in [0.4, 0.5) is 11.4 Å². The number of fused-ring (bicyclic) bond motifs is 4. The van der Waals surface area contributed by atoms with E-state index in [1.54, 1.807) is 0 Å². The van der Waals surface area contributed by atoms with E-state index >= 15 is 0 Å². The van der Waals surface area contributed by atoms with E-state index in [0.29, 0.717) is 0 Å². The lowest BCUT2D eigenvalue weighted by atomic mass is 9.67. The topological polar surface area (TPSA) is 3.24 Å². The highest BCUT2D eigenvalue weighted by molar-refractivity contribution is 6.07. The zero-order chi connectivity index (χ0) is 46.0. The molecule has 2 aliphatic rings. The Labute approximate surface area is 394 Å². The quantitative estimate of drug-likeness (QED) is 0.154. The van der Waals surface area contributed by atoms with Gasteiger partial charge in [0.25, 0.3) is 0 Å². The van der Waals surface area contributed by atoms with Crippen molar-refractivity contribution in [3.8, 4) is 22.3 Å². The molecule has 10 rings (SSSR count). The molecule has 0 N–H and O–H groups in total. The van der Waals surface area contributed by atoms with Crippen LogP contribution in [0.5, 0.6) is 0 Å². The Morgan fingerprint density at radius 1 is 0.394 bits per heavy atom. The largest absolute Gasteiger partial charge is 0.310 e. The zero-order valence-electron chi connectivity index (χ0n) is 40.3. The number of hydrogen-bond donors (Lipinski definition) is 0. The maximum Gasteiger partial charge on any atom is 0.0714 e. The lowest BCUT2D eigenvalue weighted by molar-refractivity contribution is 0.569. The Kier molecular flexibility index (Phi) is 10.7. The molecular weight excluding hydrogens is 795 g/mol. The first-order chi connectivity index (χ1) is 31.6. The molecule has 0 unspecified atom stereocenters. The second-order valence-electron chi connectivity index (χ2n) is 21.7. The number of benzene rings is 8. The van der Waals surface area contributed by atoms with Crippen molar-refractivity contribution in [2.24, 2.45) is 0 Å². The van der Waals surface area contributed by atoms with Crippen LogP contribution in [0.3, 0.4) is 0 Å². The third-order valence-electron chi connectivity index (χ3n) is 14.2. The number of rotatable bonds is 7. The minimum absolute atomic E-state index is 0.00452. The summed E-state index contributed by atoms with van der Waals surface area (Å²) in [5, 5.41) is 2.55. The molecule has 0 radical (unpaired) electrons. The second kappa shape index (κ2) is 16.3. The Morgan fingerprint density at radius 3 is 1.52 bits per heavy atom. The molecule has 0 saturated heterocycles. The van der Waals surface area contributed by atoms with Gasteiger partial charge in [0.1, 0.15) is 0 Å². The zero-order valence-corrected chi connectivity index (χ0v) is 40.3. The molecule has 66 heavy (non-hydrogen) atoms. The van der Waals surface area contributed by atoms with Crippen molar-refractivity contribution < 1.29 is 0 Å². The molecule has 2 aliphatic carbocycles. The van der Waals surface area contributed by atoms with Crippen molar-refractivity contribution in [2.45, 2.75) is 96.8 Å².